The second kappa shape index (κ2) is 8.00. The van der Waals surface area contributed by atoms with Crippen molar-refractivity contribution >= 4 is 11.9 Å². The Morgan fingerprint density at radius 2 is 1.80 bits per heavy atom. The van der Waals surface area contributed by atoms with Gasteiger partial charge in [-0.05, 0) is 32.3 Å². The molecule has 5 heteroatoms. The van der Waals surface area contributed by atoms with Gasteiger partial charge in [-0.3, -0.25) is 9.59 Å². The first kappa shape index (κ1) is 19.4. The number of carbonyl (C=O) groups is 2. The minimum atomic E-state index is -0.964. The lowest BCUT2D eigenvalue weighted by Crippen LogP contribution is -2.59. The summed E-state index contributed by atoms with van der Waals surface area (Å²) in [5.41, 5.74) is 0.0402. The summed E-state index contributed by atoms with van der Waals surface area (Å²) in [6, 6.07) is 9.73. The number of amides is 1. The van der Waals surface area contributed by atoms with Crippen molar-refractivity contribution < 1.29 is 19.1 Å². The Kier molecular flexibility index (Phi) is 6.22. The Hall–Kier alpha value is -1.88. The van der Waals surface area contributed by atoms with Gasteiger partial charge in [0, 0.05) is 7.05 Å². The van der Waals surface area contributed by atoms with Gasteiger partial charge in [0.1, 0.15) is 11.5 Å². The first-order valence-electron chi connectivity index (χ1n) is 9.07. The molecule has 0 N–H and O–H groups in total. The van der Waals surface area contributed by atoms with Crippen LogP contribution in [0.4, 0.5) is 0 Å². The number of benzene rings is 1. The molecule has 0 radical (unpaired) electrons. The van der Waals surface area contributed by atoms with E-state index < -0.39 is 11.5 Å². The van der Waals surface area contributed by atoms with Gasteiger partial charge < -0.3 is 14.4 Å². The summed E-state index contributed by atoms with van der Waals surface area (Å²) in [5.74, 6) is -0.510. The minimum absolute atomic E-state index is 0.111. The van der Waals surface area contributed by atoms with Gasteiger partial charge in [0.05, 0.1) is 12.6 Å². The van der Waals surface area contributed by atoms with Crippen LogP contribution in [0.1, 0.15) is 52.2 Å². The second-order valence-corrected chi connectivity index (χ2v) is 6.62. The Morgan fingerprint density at radius 1 is 1.20 bits per heavy atom. The predicted molar refractivity (Wildman–Crippen MR) is 95.9 cm³/mol. The molecular weight excluding hydrogens is 318 g/mol. The van der Waals surface area contributed by atoms with E-state index in [1.165, 1.54) is 0 Å². The SMILES string of the molecule is CCOC(=O)C(CC)(CC)[C@@H]1O[C@H](c2ccccc2)[C@H](C)N(C)C1=O. The van der Waals surface area contributed by atoms with Crippen molar-refractivity contribution in [2.45, 2.75) is 58.8 Å². The third kappa shape index (κ3) is 3.43. The van der Waals surface area contributed by atoms with Crippen LogP contribution >= 0.6 is 0 Å². The average molecular weight is 347 g/mol. The molecule has 1 saturated heterocycles. The highest BCUT2D eigenvalue weighted by atomic mass is 16.5. The Balaban J connectivity index is 2.43. The number of hydrogen-bond acceptors (Lipinski definition) is 4. The average Bonchev–Trinajstić information content (AvgIpc) is 2.63. The maximum absolute atomic E-state index is 13.0. The summed E-state index contributed by atoms with van der Waals surface area (Å²) in [7, 11) is 1.78. The molecule has 1 aliphatic rings. The number of morpholine rings is 1. The topological polar surface area (TPSA) is 55.8 Å². The van der Waals surface area contributed by atoms with Crippen molar-refractivity contribution in [2.24, 2.45) is 5.41 Å². The number of carbonyl (C=O) groups excluding carboxylic acids is 2. The van der Waals surface area contributed by atoms with Crippen LogP contribution in [0.25, 0.3) is 0 Å². The van der Waals surface area contributed by atoms with Gasteiger partial charge in [0.25, 0.3) is 5.91 Å². The highest BCUT2D eigenvalue weighted by Gasteiger charge is 2.54. The van der Waals surface area contributed by atoms with E-state index in [1.54, 1.807) is 18.9 Å². The lowest BCUT2D eigenvalue weighted by atomic mass is 9.75. The van der Waals surface area contributed by atoms with E-state index in [2.05, 4.69) is 0 Å². The van der Waals surface area contributed by atoms with Crippen LogP contribution in [0, 0.1) is 5.41 Å². The Morgan fingerprint density at radius 3 is 2.32 bits per heavy atom. The summed E-state index contributed by atoms with van der Waals surface area (Å²) < 4.78 is 11.6. The summed E-state index contributed by atoms with van der Waals surface area (Å²) in [6.07, 6.45) is -0.140. The Bertz CT molecular complexity index is 597. The number of esters is 1. The normalized spacial score (nSPS) is 24.3. The lowest BCUT2D eigenvalue weighted by molar-refractivity contribution is -0.199. The molecule has 0 saturated carbocycles. The molecule has 1 aromatic carbocycles. The smallest absolute Gasteiger partial charge is 0.315 e. The van der Waals surface area contributed by atoms with E-state index in [0.29, 0.717) is 12.8 Å². The lowest BCUT2D eigenvalue weighted by Gasteiger charge is -2.47. The molecule has 0 unspecified atom stereocenters. The van der Waals surface area contributed by atoms with Crippen molar-refractivity contribution in [3.8, 4) is 0 Å². The summed E-state index contributed by atoms with van der Waals surface area (Å²) >= 11 is 0. The summed E-state index contributed by atoms with van der Waals surface area (Å²) in [6.45, 7) is 7.85. The Labute approximate surface area is 150 Å². The fourth-order valence-electron chi connectivity index (χ4n) is 3.56. The largest absolute Gasteiger partial charge is 0.465 e. The van der Waals surface area contributed by atoms with Crippen molar-refractivity contribution in [3.63, 3.8) is 0 Å². The highest BCUT2D eigenvalue weighted by Crippen LogP contribution is 2.42. The molecule has 1 heterocycles. The minimum Gasteiger partial charge on any atom is -0.465 e. The quantitative estimate of drug-likeness (QED) is 0.741. The molecule has 0 aliphatic carbocycles. The molecule has 25 heavy (non-hydrogen) atoms. The zero-order valence-electron chi connectivity index (χ0n) is 15.8. The first-order valence-corrected chi connectivity index (χ1v) is 9.07. The van der Waals surface area contributed by atoms with Crippen molar-refractivity contribution in [2.75, 3.05) is 13.7 Å². The number of ether oxygens (including phenoxy) is 2. The van der Waals surface area contributed by atoms with Crippen molar-refractivity contribution in [1.82, 2.24) is 4.90 Å². The van der Waals surface area contributed by atoms with Gasteiger partial charge in [0.2, 0.25) is 0 Å². The monoisotopic (exact) mass is 347 g/mol. The third-order valence-electron chi connectivity index (χ3n) is 5.48. The second-order valence-electron chi connectivity index (χ2n) is 6.62. The zero-order chi connectivity index (χ0) is 18.6. The molecule has 0 spiro atoms. The number of rotatable bonds is 6. The molecule has 138 valence electrons. The van der Waals surface area contributed by atoms with Gasteiger partial charge >= 0.3 is 5.97 Å². The van der Waals surface area contributed by atoms with E-state index in [1.807, 2.05) is 51.1 Å². The van der Waals surface area contributed by atoms with Gasteiger partial charge in [-0.1, -0.05) is 44.2 Å². The highest BCUT2D eigenvalue weighted by molar-refractivity contribution is 5.90. The molecule has 5 nitrogen and oxygen atoms in total. The molecule has 0 aromatic heterocycles. The van der Waals surface area contributed by atoms with Gasteiger partial charge in [-0.2, -0.15) is 0 Å². The number of nitrogens with zero attached hydrogens (tertiary/aromatic N) is 1. The fourth-order valence-corrected chi connectivity index (χ4v) is 3.56. The standard InChI is InChI=1S/C20H29NO4/c1-6-20(7-2,19(23)24-8-3)17-18(22)21(5)14(4)16(25-17)15-12-10-9-11-13-15/h9-14,16-17H,6-8H2,1-5H3/t14-,16-,17+/m0/s1. The van der Waals surface area contributed by atoms with Gasteiger partial charge in [0.15, 0.2) is 6.10 Å². The molecule has 2 rings (SSSR count). The first-order chi connectivity index (χ1) is 11.9. The maximum Gasteiger partial charge on any atom is 0.315 e. The van der Waals surface area contributed by atoms with E-state index in [-0.39, 0.29) is 30.6 Å². The van der Waals surface area contributed by atoms with Crippen LogP contribution in [0.3, 0.4) is 0 Å². The molecule has 1 amide bonds. The van der Waals surface area contributed by atoms with Crippen LogP contribution < -0.4 is 0 Å². The van der Waals surface area contributed by atoms with E-state index in [9.17, 15) is 9.59 Å². The molecule has 1 fully saturated rings. The predicted octanol–water partition coefficient (Wildman–Crippen LogP) is 3.34. The van der Waals surface area contributed by atoms with E-state index in [4.69, 9.17) is 9.47 Å². The zero-order valence-corrected chi connectivity index (χ0v) is 15.8. The fraction of sp³-hybridized carbons (Fsp3) is 0.600. The van der Waals surface area contributed by atoms with Crippen LogP contribution in [0.5, 0.6) is 0 Å². The van der Waals surface area contributed by atoms with Gasteiger partial charge in [-0.25, -0.2) is 0 Å². The molecule has 3 atom stereocenters. The number of hydrogen-bond donors (Lipinski definition) is 0. The molecular formula is C20H29NO4. The summed E-state index contributed by atoms with van der Waals surface area (Å²) in [4.78, 5) is 27.4. The molecule has 1 aliphatic heterocycles. The van der Waals surface area contributed by atoms with Crippen LogP contribution in [0.2, 0.25) is 0 Å². The molecule has 1 aromatic rings. The van der Waals surface area contributed by atoms with Crippen LogP contribution in [-0.4, -0.2) is 42.6 Å². The van der Waals surface area contributed by atoms with Crippen molar-refractivity contribution in [3.05, 3.63) is 35.9 Å². The van der Waals surface area contributed by atoms with E-state index in [0.717, 1.165) is 5.56 Å². The third-order valence-corrected chi connectivity index (χ3v) is 5.48. The summed E-state index contributed by atoms with van der Waals surface area (Å²) in [5, 5.41) is 0. The molecule has 0 bridgehead atoms. The van der Waals surface area contributed by atoms with Crippen LogP contribution in [-0.2, 0) is 19.1 Å². The number of likely N-dealkylation sites (N-methyl/N-ethyl adjacent to an activating group) is 1. The van der Waals surface area contributed by atoms with Gasteiger partial charge in [-0.15, -0.1) is 0 Å². The maximum atomic E-state index is 13.0. The van der Waals surface area contributed by atoms with Crippen LogP contribution in [0.15, 0.2) is 30.3 Å². The van der Waals surface area contributed by atoms with Crippen molar-refractivity contribution in [1.29, 1.82) is 0 Å². The van der Waals surface area contributed by atoms with E-state index >= 15 is 0 Å².